The van der Waals surface area contributed by atoms with Gasteiger partial charge in [0.05, 0.1) is 7.11 Å². The largest absolute Gasteiger partial charge is 0.481 e. The van der Waals surface area contributed by atoms with Crippen LogP contribution in [0.4, 0.5) is 5.95 Å². The Bertz CT molecular complexity index is 389. The van der Waals surface area contributed by atoms with E-state index in [4.69, 9.17) is 4.74 Å². The van der Waals surface area contributed by atoms with Crippen LogP contribution in [0.25, 0.3) is 0 Å². The van der Waals surface area contributed by atoms with Crippen LogP contribution in [0.15, 0.2) is 12.3 Å². The first-order valence-corrected chi connectivity index (χ1v) is 7.03. The van der Waals surface area contributed by atoms with Crippen LogP contribution >= 0.6 is 0 Å². The molecule has 0 atom stereocenters. The Hall–Kier alpha value is -1.36. The molecule has 1 fully saturated rings. The highest BCUT2D eigenvalue weighted by molar-refractivity contribution is 5.32. The van der Waals surface area contributed by atoms with Crippen molar-refractivity contribution in [2.24, 2.45) is 5.92 Å². The molecule has 0 N–H and O–H groups in total. The first-order valence-electron chi connectivity index (χ1n) is 7.03. The van der Waals surface area contributed by atoms with Crippen molar-refractivity contribution >= 4 is 5.95 Å². The molecule has 5 heteroatoms. The third kappa shape index (κ3) is 4.06. The van der Waals surface area contributed by atoms with Gasteiger partial charge in [-0.2, -0.15) is 4.98 Å². The van der Waals surface area contributed by atoms with Gasteiger partial charge in [0.1, 0.15) is 0 Å². The molecular formula is C14H24N4O. The van der Waals surface area contributed by atoms with Crippen LogP contribution in [0.1, 0.15) is 20.3 Å². The van der Waals surface area contributed by atoms with E-state index in [1.165, 1.54) is 13.0 Å². The number of nitrogens with zero attached hydrogens (tertiary/aromatic N) is 4. The molecule has 1 aromatic rings. The van der Waals surface area contributed by atoms with E-state index in [1.807, 2.05) is 0 Å². The predicted molar refractivity (Wildman–Crippen MR) is 76.7 cm³/mol. The Morgan fingerprint density at radius 2 is 2.00 bits per heavy atom. The molecular weight excluding hydrogens is 240 g/mol. The second-order valence-electron chi connectivity index (χ2n) is 5.41. The summed E-state index contributed by atoms with van der Waals surface area (Å²) in [6.07, 6.45) is 3.03. The third-order valence-electron chi connectivity index (χ3n) is 3.50. The van der Waals surface area contributed by atoms with Crippen LogP contribution in [0.2, 0.25) is 0 Å². The lowest BCUT2D eigenvalue weighted by molar-refractivity contribution is 0.242. The number of anilines is 1. The van der Waals surface area contributed by atoms with E-state index in [0.29, 0.717) is 5.88 Å². The summed E-state index contributed by atoms with van der Waals surface area (Å²) in [6.45, 7) is 9.92. The van der Waals surface area contributed by atoms with E-state index < -0.39 is 0 Å². The minimum Gasteiger partial charge on any atom is -0.481 e. The standard InChI is InChI=1S/C14H24N4O/c1-12(2)5-7-17-8-10-18(11-9-17)14-15-6-4-13(16-14)19-3/h4,6,12H,5,7-11H2,1-3H3. The molecule has 1 aliphatic heterocycles. The van der Waals surface area contributed by atoms with Crippen molar-refractivity contribution in [3.63, 3.8) is 0 Å². The van der Waals surface area contributed by atoms with Gasteiger partial charge < -0.3 is 9.64 Å². The molecule has 0 radical (unpaired) electrons. The van der Waals surface area contributed by atoms with Crippen molar-refractivity contribution in [3.05, 3.63) is 12.3 Å². The number of methoxy groups -OCH3 is 1. The van der Waals surface area contributed by atoms with Crippen LogP contribution in [-0.2, 0) is 0 Å². The highest BCUT2D eigenvalue weighted by Crippen LogP contribution is 2.14. The van der Waals surface area contributed by atoms with Crippen molar-refractivity contribution in [1.29, 1.82) is 0 Å². The summed E-state index contributed by atoms with van der Waals surface area (Å²) in [5.41, 5.74) is 0. The molecule has 0 aliphatic carbocycles. The third-order valence-corrected chi connectivity index (χ3v) is 3.50. The Labute approximate surface area is 115 Å². The average Bonchev–Trinajstić information content (AvgIpc) is 2.45. The summed E-state index contributed by atoms with van der Waals surface area (Å²) in [6, 6.07) is 1.78. The lowest BCUT2D eigenvalue weighted by atomic mass is 10.1. The molecule has 2 heterocycles. The van der Waals surface area contributed by atoms with Gasteiger partial charge in [-0.25, -0.2) is 4.98 Å². The lowest BCUT2D eigenvalue weighted by Crippen LogP contribution is -2.47. The van der Waals surface area contributed by atoms with E-state index in [2.05, 4.69) is 33.6 Å². The fourth-order valence-electron chi connectivity index (χ4n) is 2.21. The van der Waals surface area contributed by atoms with Gasteiger partial charge in [0.25, 0.3) is 0 Å². The zero-order chi connectivity index (χ0) is 13.7. The monoisotopic (exact) mass is 264 g/mol. The van der Waals surface area contributed by atoms with Crippen LogP contribution < -0.4 is 9.64 Å². The first kappa shape index (κ1) is 14.1. The summed E-state index contributed by atoms with van der Waals surface area (Å²) >= 11 is 0. The molecule has 0 aromatic carbocycles. The Morgan fingerprint density at radius 3 is 2.63 bits per heavy atom. The highest BCUT2D eigenvalue weighted by Gasteiger charge is 2.19. The Kier molecular flexibility index (Phi) is 4.96. The molecule has 0 bridgehead atoms. The van der Waals surface area contributed by atoms with E-state index in [9.17, 15) is 0 Å². The zero-order valence-electron chi connectivity index (χ0n) is 12.2. The van der Waals surface area contributed by atoms with E-state index in [-0.39, 0.29) is 0 Å². The topological polar surface area (TPSA) is 41.5 Å². The van der Waals surface area contributed by atoms with Crippen molar-refractivity contribution in [1.82, 2.24) is 14.9 Å². The van der Waals surface area contributed by atoms with Crippen molar-refractivity contribution < 1.29 is 4.74 Å². The summed E-state index contributed by atoms with van der Waals surface area (Å²) < 4.78 is 5.14. The normalized spacial score (nSPS) is 16.9. The van der Waals surface area contributed by atoms with Gasteiger partial charge in [-0.1, -0.05) is 13.8 Å². The quantitative estimate of drug-likeness (QED) is 0.809. The van der Waals surface area contributed by atoms with Gasteiger partial charge in [-0.15, -0.1) is 0 Å². The number of rotatable bonds is 5. The predicted octanol–water partition coefficient (Wildman–Crippen LogP) is 1.65. The van der Waals surface area contributed by atoms with Crippen molar-refractivity contribution in [2.45, 2.75) is 20.3 Å². The summed E-state index contributed by atoms with van der Waals surface area (Å²) in [4.78, 5) is 13.5. The number of piperazine rings is 1. The van der Waals surface area contributed by atoms with Gasteiger partial charge in [0, 0.05) is 38.4 Å². The molecule has 19 heavy (non-hydrogen) atoms. The Balaban J connectivity index is 1.85. The van der Waals surface area contributed by atoms with Crippen LogP contribution in [0, 0.1) is 5.92 Å². The van der Waals surface area contributed by atoms with Crippen molar-refractivity contribution in [3.8, 4) is 5.88 Å². The van der Waals surface area contributed by atoms with E-state index in [1.54, 1.807) is 19.4 Å². The molecule has 1 aromatic heterocycles. The van der Waals surface area contributed by atoms with Gasteiger partial charge in [0.15, 0.2) is 0 Å². The number of aromatic nitrogens is 2. The van der Waals surface area contributed by atoms with Crippen LogP contribution in [0.3, 0.4) is 0 Å². The maximum atomic E-state index is 5.14. The van der Waals surface area contributed by atoms with Gasteiger partial charge >= 0.3 is 0 Å². The lowest BCUT2D eigenvalue weighted by Gasteiger charge is -2.35. The molecule has 0 unspecified atom stereocenters. The maximum absolute atomic E-state index is 5.14. The first-order chi connectivity index (χ1) is 9.19. The fourth-order valence-corrected chi connectivity index (χ4v) is 2.21. The molecule has 2 rings (SSSR count). The molecule has 0 saturated carbocycles. The molecule has 1 saturated heterocycles. The second-order valence-corrected chi connectivity index (χ2v) is 5.41. The summed E-state index contributed by atoms with van der Waals surface area (Å²) in [7, 11) is 1.63. The molecule has 0 spiro atoms. The summed E-state index contributed by atoms with van der Waals surface area (Å²) in [5.74, 6) is 2.19. The maximum Gasteiger partial charge on any atom is 0.228 e. The minimum absolute atomic E-state index is 0.632. The molecule has 0 amide bonds. The Morgan fingerprint density at radius 1 is 1.26 bits per heavy atom. The van der Waals surface area contributed by atoms with E-state index >= 15 is 0 Å². The van der Waals surface area contributed by atoms with Gasteiger partial charge in [-0.05, 0) is 18.9 Å². The SMILES string of the molecule is COc1ccnc(N2CCN(CCC(C)C)CC2)n1. The highest BCUT2D eigenvalue weighted by atomic mass is 16.5. The van der Waals surface area contributed by atoms with Crippen LogP contribution in [0.5, 0.6) is 5.88 Å². The number of ether oxygens (including phenoxy) is 1. The molecule has 5 nitrogen and oxygen atoms in total. The zero-order valence-corrected chi connectivity index (χ0v) is 12.2. The summed E-state index contributed by atoms with van der Waals surface area (Å²) in [5, 5.41) is 0. The smallest absolute Gasteiger partial charge is 0.228 e. The van der Waals surface area contributed by atoms with E-state index in [0.717, 1.165) is 38.0 Å². The number of hydrogen-bond acceptors (Lipinski definition) is 5. The number of hydrogen-bond donors (Lipinski definition) is 0. The van der Waals surface area contributed by atoms with Crippen LogP contribution in [-0.4, -0.2) is 54.7 Å². The second kappa shape index (κ2) is 6.70. The molecule has 106 valence electrons. The average molecular weight is 264 g/mol. The minimum atomic E-state index is 0.632. The van der Waals surface area contributed by atoms with Gasteiger partial charge in [-0.3, -0.25) is 4.90 Å². The van der Waals surface area contributed by atoms with Crippen molar-refractivity contribution in [2.75, 3.05) is 44.7 Å². The fraction of sp³-hybridized carbons (Fsp3) is 0.714. The van der Waals surface area contributed by atoms with Gasteiger partial charge in [0.2, 0.25) is 11.8 Å². The molecule has 1 aliphatic rings.